The summed E-state index contributed by atoms with van der Waals surface area (Å²) in [5.41, 5.74) is 0.507. The van der Waals surface area contributed by atoms with E-state index in [0.717, 1.165) is 19.3 Å². The van der Waals surface area contributed by atoms with Gasteiger partial charge in [0, 0.05) is 17.8 Å². The van der Waals surface area contributed by atoms with Gasteiger partial charge in [0.15, 0.2) is 11.7 Å². The Bertz CT molecular complexity index is 753. The SMILES string of the molecule is CCOC(=O)Cc1csc(NC(=O)COC(=O)CCCCCC2NC(=O)NC2C)n1. The highest BCUT2D eigenvalue weighted by atomic mass is 32.1. The van der Waals surface area contributed by atoms with Crippen molar-refractivity contribution in [2.24, 2.45) is 0 Å². The second-order valence-corrected chi connectivity index (χ2v) is 7.81. The van der Waals surface area contributed by atoms with Gasteiger partial charge in [0.05, 0.1) is 24.8 Å². The van der Waals surface area contributed by atoms with E-state index in [1.165, 1.54) is 11.3 Å². The summed E-state index contributed by atoms with van der Waals surface area (Å²) in [5, 5.41) is 10.2. The minimum absolute atomic E-state index is 0.0394. The van der Waals surface area contributed by atoms with Crippen molar-refractivity contribution in [1.82, 2.24) is 15.6 Å². The van der Waals surface area contributed by atoms with Crippen LogP contribution >= 0.6 is 11.3 Å². The van der Waals surface area contributed by atoms with Gasteiger partial charge in [0.1, 0.15) is 0 Å². The number of carbonyl (C=O) groups is 4. The predicted molar refractivity (Wildman–Crippen MR) is 110 cm³/mol. The third-order valence-electron chi connectivity index (χ3n) is 4.47. The van der Waals surface area contributed by atoms with Crippen molar-refractivity contribution in [2.75, 3.05) is 18.5 Å². The lowest BCUT2D eigenvalue weighted by atomic mass is 10.0. The number of unbranched alkanes of at least 4 members (excludes halogenated alkanes) is 2. The molecule has 0 aromatic carbocycles. The fourth-order valence-corrected chi connectivity index (χ4v) is 3.68. The molecule has 0 saturated carbocycles. The van der Waals surface area contributed by atoms with Gasteiger partial charge in [-0.3, -0.25) is 19.7 Å². The summed E-state index contributed by atoms with van der Waals surface area (Å²) in [6.45, 7) is 3.59. The third kappa shape index (κ3) is 8.36. The van der Waals surface area contributed by atoms with E-state index in [2.05, 4.69) is 20.9 Å². The van der Waals surface area contributed by atoms with Crippen LogP contribution in [0.5, 0.6) is 0 Å². The molecular weight excluding hydrogens is 412 g/mol. The van der Waals surface area contributed by atoms with Crippen molar-refractivity contribution in [1.29, 1.82) is 0 Å². The molecule has 1 fully saturated rings. The standard InChI is InChI=1S/C19H28N4O6S/c1-3-28-17(26)9-13-11-30-19(21-13)23-15(24)10-29-16(25)8-6-4-5-7-14-12(2)20-18(27)22-14/h11-12,14H,3-10H2,1-2H3,(H2,20,22,27)(H,21,23,24). The Hall–Kier alpha value is -2.69. The number of urea groups is 1. The Balaban J connectivity index is 1.55. The Labute approximate surface area is 179 Å². The third-order valence-corrected chi connectivity index (χ3v) is 5.27. The molecule has 3 N–H and O–H groups in total. The Morgan fingerprint density at radius 2 is 1.97 bits per heavy atom. The number of rotatable bonds is 12. The van der Waals surface area contributed by atoms with Crippen LogP contribution in [-0.2, 0) is 30.3 Å². The molecule has 1 saturated heterocycles. The maximum Gasteiger partial charge on any atom is 0.315 e. The molecule has 0 spiro atoms. The van der Waals surface area contributed by atoms with E-state index >= 15 is 0 Å². The molecule has 10 nitrogen and oxygen atoms in total. The van der Waals surface area contributed by atoms with Gasteiger partial charge in [-0.15, -0.1) is 11.3 Å². The maximum absolute atomic E-state index is 11.9. The summed E-state index contributed by atoms with van der Waals surface area (Å²) in [7, 11) is 0. The summed E-state index contributed by atoms with van der Waals surface area (Å²) in [6.07, 6.45) is 3.51. The van der Waals surface area contributed by atoms with Gasteiger partial charge in [0.2, 0.25) is 0 Å². The highest BCUT2D eigenvalue weighted by Gasteiger charge is 2.26. The Morgan fingerprint density at radius 1 is 1.17 bits per heavy atom. The van der Waals surface area contributed by atoms with Crippen LogP contribution in [0.1, 0.15) is 51.6 Å². The van der Waals surface area contributed by atoms with Crippen LogP contribution in [0, 0.1) is 0 Å². The highest BCUT2D eigenvalue weighted by Crippen LogP contribution is 2.16. The minimum atomic E-state index is -0.487. The van der Waals surface area contributed by atoms with E-state index < -0.39 is 11.9 Å². The van der Waals surface area contributed by atoms with E-state index in [1.807, 2.05) is 6.92 Å². The van der Waals surface area contributed by atoms with Gasteiger partial charge in [-0.25, -0.2) is 9.78 Å². The molecule has 0 radical (unpaired) electrons. The van der Waals surface area contributed by atoms with Gasteiger partial charge in [0.25, 0.3) is 5.91 Å². The molecule has 1 aromatic rings. The largest absolute Gasteiger partial charge is 0.466 e. The zero-order chi connectivity index (χ0) is 21.9. The van der Waals surface area contributed by atoms with E-state index in [1.54, 1.807) is 12.3 Å². The fraction of sp³-hybridized carbons (Fsp3) is 0.632. The van der Waals surface area contributed by atoms with Crippen molar-refractivity contribution in [2.45, 2.75) is 64.5 Å². The topological polar surface area (TPSA) is 136 Å². The number of nitrogens with zero attached hydrogens (tertiary/aromatic N) is 1. The van der Waals surface area contributed by atoms with E-state index in [-0.39, 0.29) is 43.5 Å². The number of esters is 2. The summed E-state index contributed by atoms with van der Waals surface area (Å²) < 4.78 is 9.82. The molecule has 1 aliphatic rings. The zero-order valence-corrected chi connectivity index (χ0v) is 18.0. The van der Waals surface area contributed by atoms with Crippen LogP contribution < -0.4 is 16.0 Å². The zero-order valence-electron chi connectivity index (χ0n) is 17.2. The highest BCUT2D eigenvalue weighted by molar-refractivity contribution is 7.13. The molecule has 2 atom stereocenters. The summed E-state index contributed by atoms with van der Waals surface area (Å²) in [4.78, 5) is 50.4. The van der Waals surface area contributed by atoms with Crippen LogP contribution in [0.15, 0.2) is 5.38 Å². The average Bonchev–Trinajstić information content (AvgIpc) is 3.25. The van der Waals surface area contributed by atoms with Gasteiger partial charge in [-0.2, -0.15) is 0 Å². The lowest BCUT2D eigenvalue weighted by molar-refractivity contribution is -0.147. The van der Waals surface area contributed by atoms with Crippen molar-refractivity contribution in [3.8, 4) is 0 Å². The van der Waals surface area contributed by atoms with Crippen LogP contribution in [0.4, 0.5) is 9.93 Å². The average molecular weight is 441 g/mol. The first-order valence-electron chi connectivity index (χ1n) is 10.00. The molecular formula is C19H28N4O6S. The van der Waals surface area contributed by atoms with E-state index in [9.17, 15) is 19.2 Å². The smallest absolute Gasteiger partial charge is 0.315 e. The number of hydrogen-bond donors (Lipinski definition) is 3. The molecule has 2 unspecified atom stereocenters. The van der Waals surface area contributed by atoms with Crippen LogP contribution in [0.25, 0.3) is 0 Å². The Kier molecular flexibility index (Phi) is 9.52. The fourth-order valence-electron chi connectivity index (χ4n) is 2.95. The number of carbonyl (C=O) groups excluding carboxylic acids is 4. The van der Waals surface area contributed by atoms with Gasteiger partial charge in [-0.05, 0) is 26.7 Å². The first-order chi connectivity index (χ1) is 14.4. The number of amides is 3. The number of aromatic nitrogens is 1. The molecule has 2 heterocycles. The van der Waals surface area contributed by atoms with Crippen LogP contribution in [-0.4, -0.2) is 54.2 Å². The number of thiazole rings is 1. The number of nitrogens with one attached hydrogen (secondary N) is 3. The summed E-state index contributed by atoms with van der Waals surface area (Å²) in [6, 6.07) is 0.0965. The molecule has 166 valence electrons. The molecule has 3 amide bonds. The van der Waals surface area contributed by atoms with Gasteiger partial charge in [-0.1, -0.05) is 12.8 Å². The molecule has 1 aromatic heterocycles. The number of ether oxygens (including phenoxy) is 2. The van der Waals surface area contributed by atoms with Gasteiger partial charge >= 0.3 is 18.0 Å². The van der Waals surface area contributed by atoms with E-state index in [0.29, 0.717) is 23.9 Å². The van der Waals surface area contributed by atoms with Gasteiger partial charge < -0.3 is 20.1 Å². The summed E-state index contributed by atoms with van der Waals surface area (Å²) >= 11 is 1.18. The van der Waals surface area contributed by atoms with Crippen LogP contribution in [0.3, 0.4) is 0 Å². The molecule has 11 heteroatoms. The Morgan fingerprint density at radius 3 is 2.67 bits per heavy atom. The second-order valence-electron chi connectivity index (χ2n) is 6.95. The van der Waals surface area contributed by atoms with Crippen molar-refractivity contribution >= 4 is 40.3 Å². The molecule has 0 aliphatic carbocycles. The van der Waals surface area contributed by atoms with E-state index in [4.69, 9.17) is 9.47 Å². The summed E-state index contributed by atoms with van der Waals surface area (Å²) in [5.74, 6) is -1.30. The minimum Gasteiger partial charge on any atom is -0.466 e. The molecule has 0 bridgehead atoms. The van der Waals surface area contributed by atoms with Crippen molar-refractivity contribution in [3.63, 3.8) is 0 Å². The van der Waals surface area contributed by atoms with Crippen molar-refractivity contribution in [3.05, 3.63) is 11.1 Å². The second kappa shape index (κ2) is 12.1. The van der Waals surface area contributed by atoms with Crippen LogP contribution in [0.2, 0.25) is 0 Å². The monoisotopic (exact) mass is 440 g/mol. The molecule has 1 aliphatic heterocycles. The normalized spacial score (nSPS) is 17.7. The molecule has 2 rings (SSSR count). The first-order valence-corrected chi connectivity index (χ1v) is 10.9. The maximum atomic E-state index is 11.9. The molecule has 30 heavy (non-hydrogen) atoms. The lowest BCUT2D eigenvalue weighted by Gasteiger charge is -2.13. The lowest BCUT2D eigenvalue weighted by Crippen LogP contribution is -2.30. The number of hydrogen-bond acceptors (Lipinski definition) is 8. The predicted octanol–water partition coefficient (Wildman–Crippen LogP) is 1.75. The number of anilines is 1. The first kappa shape index (κ1) is 23.6. The van der Waals surface area contributed by atoms with Crippen molar-refractivity contribution < 1.29 is 28.7 Å². The quantitative estimate of drug-likeness (QED) is 0.333.